The zero-order valence-corrected chi connectivity index (χ0v) is 17.0. The molecule has 0 bridgehead atoms. The maximum atomic E-state index is 14.0. The number of benzene rings is 1. The summed E-state index contributed by atoms with van der Waals surface area (Å²) in [6.07, 6.45) is 5.27. The molecule has 1 aromatic carbocycles. The molecule has 3 nitrogen and oxygen atoms in total. The summed E-state index contributed by atoms with van der Waals surface area (Å²) in [6, 6.07) is 7.10. The molecule has 1 saturated carbocycles. The van der Waals surface area contributed by atoms with Gasteiger partial charge in [0.05, 0.1) is 6.54 Å². The zero-order chi connectivity index (χ0) is 15.8. The molecule has 2 N–H and O–H groups in total. The van der Waals surface area contributed by atoms with Crippen LogP contribution in [-0.2, 0) is 5.41 Å². The minimum Gasteiger partial charge on any atom is -0.357 e. The van der Waals surface area contributed by atoms with E-state index in [9.17, 15) is 4.39 Å². The van der Waals surface area contributed by atoms with Crippen LogP contribution in [-0.4, -0.2) is 37.6 Å². The smallest absolute Gasteiger partial charge is 0.191 e. The molecule has 1 fully saturated rings. The van der Waals surface area contributed by atoms with Crippen LogP contribution in [0.3, 0.4) is 0 Å². The molecule has 2 rings (SSSR count). The number of thioether (sulfide) groups is 1. The molecule has 0 heterocycles. The molecular weight excluding hydrogens is 424 g/mol. The third-order valence-corrected chi connectivity index (χ3v) is 4.70. The van der Waals surface area contributed by atoms with Crippen molar-refractivity contribution in [3.05, 3.63) is 35.6 Å². The molecule has 6 heteroatoms. The molecule has 0 amide bonds. The van der Waals surface area contributed by atoms with Crippen LogP contribution < -0.4 is 10.6 Å². The molecule has 0 spiro atoms. The van der Waals surface area contributed by atoms with Gasteiger partial charge >= 0.3 is 0 Å². The summed E-state index contributed by atoms with van der Waals surface area (Å²) >= 11 is 1.85. The molecular formula is C17H27FIN3S. The third-order valence-electron chi connectivity index (χ3n) is 4.00. The van der Waals surface area contributed by atoms with Crippen molar-refractivity contribution in [3.8, 4) is 0 Å². The second-order valence-electron chi connectivity index (χ2n) is 5.73. The van der Waals surface area contributed by atoms with Crippen LogP contribution in [0.4, 0.5) is 4.39 Å². The van der Waals surface area contributed by atoms with Gasteiger partial charge in [0.15, 0.2) is 5.96 Å². The fraction of sp³-hybridized carbons (Fsp3) is 0.588. The Balaban J connectivity index is 0.00000264. The van der Waals surface area contributed by atoms with Crippen molar-refractivity contribution in [2.45, 2.75) is 31.6 Å². The Kier molecular flexibility index (Phi) is 9.27. The highest BCUT2D eigenvalue weighted by molar-refractivity contribution is 14.0. The Morgan fingerprint density at radius 3 is 2.65 bits per heavy atom. The SMILES string of the molecule is CCNC(=NCC1(c2ccccc2F)CC1)NCCCSC.I. The Hall–Kier alpha value is -0.500. The Bertz CT molecular complexity index is 506. The molecule has 0 radical (unpaired) electrons. The number of guanidine groups is 1. The molecule has 0 aromatic heterocycles. The molecule has 0 atom stereocenters. The Morgan fingerprint density at radius 1 is 1.30 bits per heavy atom. The number of nitrogens with zero attached hydrogens (tertiary/aromatic N) is 1. The average Bonchev–Trinajstić information content (AvgIpc) is 3.30. The number of rotatable bonds is 8. The molecule has 0 saturated heterocycles. The van der Waals surface area contributed by atoms with Gasteiger partial charge in [-0.25, -0.2) is 4.39 Å². The number of halogens is 2. The van der Waals surface area contributed by atoms with Crippen LogP contribution in [0.1, 0.15) is 31.7 Å². The highest BCUT2D eigenvalue weighted by atomic mass is 127. The van der Waals surface area contributed by atoms with Crippen molar-refractivity contribution in [2.75, 3.05) is 31.6 Å². The lowest BCUT2D eigenvalue weighted by Gasteiger charge is -2.16. The number of hydrogen-bond acceptors (Lipinski definition) is 2. The summed E-state index contributed by atoms with van der Waals surface area (Å²) in [5, 5.41) is 6.62. The normalized spacial score (nSPS) is 15.7. The van der Waals surface area contributed by atoms with Gasteiger partial charge in [0.1, 0.15) is 5.82 Å². The number of hydrogen-bond donors (Lipinski definition) is 2. The van der Waals surface area contributed by atoms with E-state index in [1.807, 2.05) is 23.9 Å². The first kappa shape index (κ1) is 20.5. The standard InChI is InChI=1S/C17H26FN3S.HI/c1-3-19-16(20-11-6-12-22-2)21-13-17(9-10-17)14-7-4-5-8-15(14)18;/h4-5,7-8H,3,6,9-13H2,1-2H3,(H2,19,20,21);1H. The van der Waals surface area contributed by atoms with Gasteiger partial charge in [-0.3, -0.25) is 4.99 Å². The van der Waals surface area contributed by atoms with Gasteiger partial charge in [-0.2, -0.15) is 11.8 Å². The van der Waals surface area contributed by atoms with E-state index >= 15 is 0 Å². The first-order valence-electron chi connectivity index (χ1n) is 7.98. The fourth-order valence-electron chi connectivity index (χ4n) is 2.55. The van der Waals surface area contributed by atoms with Gasteiger partial charge in [0.2, 0.25) is 0 Å². The van der Waals surface area contributed by atoms with Crippen molar-refractivity contribution in [1.82, 2.24) is 10.6 Å². The first-order chi connectivity index (χ1) is 10.7. The van der Waals surface area contributed by atoms with Crippen molar-refractivity contribution in [3.63, 3.8) is 0 Å². The molecule has 130 valence electrons. The summed E-state index contributed by atoms with van der Waals surface area (Å²) in [4.78, 5) is 4.68. The van der Waals surface area contributed by atoms with E-state index in [2.05, 4.69) is 28.8 Å². The molecule has 1 aromatic rings. The summed E-state index contributed by atoms with van der Waals surface area (Å²) in [6.45, 7) is 4.45. The number of aliphatic imine (C=N–C) groups is 1. The third kappa shape index (κ3) is 6.14. The van der Waals surface area contributed by atoms with E-state index in [1.54, 1.807) is 12.1 Å². The van der Waals surface area contributed by atoms with Crippen molar-refractivity contribution < 1.29 is 4.39 Å². The second-order valence-corrected chi connectivity index (χ2v) is 6.71. The number of nitrogens with one attached hydrogen (secondary N) is 2. The van der Waals surface area contributed by atoms with Crippen molar-refractivity contribution in [2.24, 2.45) is 4.99 Å². The maximum absolute atomic E-state index is 14.0. The predicted molar refractivity (Wildman–Crippen MR) is 110 cm³/mol. The lowest BCUT2D eigenvalue weighted by atomic mass is 9.95. The molecule has 0 unspecified atom stereocenters. The topological polar surface area (TPSA) is 36.4 Å². The van der Waals surface area contributed by atoms with E-state index < -0.39 is 0 Å². The van der Waals surface area contributed by atoms with E-state index in [4.69, 9.17) is 0 Å². The van der Waals surface area contributed by atoms with E-state index in [0.717, 1.165) is 49.6 Å². The van der Waals surface area contributed by atoms with Crippen LogP contribution in [0.15, 0.2) is 29.3 Å². The second kappa shape index (κ2) is 10.4. The van der Waals surface area contributed by atoms with Crippen molar-refractivity contribution >= 4 is 41.7 Å². The molecule has 1 aliphatic carbocycles. The van der Waals surface area contributed by atoms with Crippen LogP contribution in [0.25, 0.3) is 0 Å². The van der Waals surface area contributed by atoms with Crippen molar-refractivity contribution in [1.29, 1.82) is 0 Å². The first-order valence-corrected chi connectivity index (χ1v) is 9.37. The minimum absolute atomic E-state index is 0. The lowest BCUT2D eigenvalue weighted by Crippen LogP contribution is -2.38. The van der Waals surface area contributed by atoms with Gasteiger partial charge in [-0.15, -0.1) is 24.0 Å². The summed E-state index contributed by atoms with van der Waals surface area (Å²) < 4.78 is 14.0. The van der Waals surface area contributed by atoms with Gasteiger partial charge in [-0.05, 0) is 49.8 Å². The molecule has 1 aliphatic rings. The highest BCUT2D eigenvalue weighted by Gasteiger charge is 2.45. The van der Waals surface area contributed by atoms with Crippen LogP contribution in [0.5, 0.6) is 0 Å². The van der Waals surface area contributed by atoms with E-state index in [1.165, 1.54) is 0 Å². The van der Waals surface area contributed by atoms with Gasteiger partial charge in [0, 0.05) is 18.5 Å². The predicted octanol–water partition coefficient (Wildman–Crippen LogP) is 3.78. The summed E-state index contributed by atoms with van der Waals surface area (Å²) in [5.74, 6) is 1.88. The lowest BCUT2D eigenvalue weighted by molar-refractivity contribution is 0.572. The maximum Gasteiger partial charge on any atom is 0.191 e. The monoisotopic (exact) mass is 451 g/mol. The summed E-state index contributed by atoms with van der Waals surface area (Å²) in [5.41, 5.74) is 0.726. The van der Waals surface area contributed by atoms with E-state index in [-0.39, 0.29) is 35.2 Å². The largest absolute Gasteiger partial charge is 0.357 e. The van der Waals surface area contributed by atoms with Gasteiger partial charge < -0.3 is 10.6 Å². The summed E-state index contributed by atoms with van der Waals surface area (Å²) in [7, 11) is 0. The fourth-order valence-corrected chi connectivity index (χ4v) is 2.98. The molecule has 0 aliphatic heterocycles. The quantitative estimate of drug-likeness (QED) is 0.273. The minimum atomic E-state index is -0.104. The van der Waals surface area contributed by atoms with Gasteiger partial charge in [-0.1, -0.05) is 18.2 Å². The Labute approximate surface area is 160 Å². The highest BCUT2D eigenvalue weighted by Crippen LogP contribution is 2.49. The van der Waals surface area contributed by atoms with Crippen LogP contribution >= 0.6 is 35.7 Å². The molecule has 23 heavy (non-hydrogen) atoms. The van der Waals surface area contributed by atoms with Gasteiger partial charge in [0.25, 0.3) is 0 Å². The van der Waals surface area contributed by atoms with Crippen LogP contribution in [0.2, 0.25) is 0 Å². The average molecular weight is 451 g/mol. The van der Waals surface area contributed by atoms with E-state index in [0.29, 0.717) is 6.54 Å². The van der Waals surface area contributed by atoms with Crippen LogP contribution in [0, 0.1) is 5.82 Å². The Morgan fingerprint density at radius 2 is 2.04 bits per heavy atom. The zero-order valence-electron chi connectivity index (χ0n) is 13.9.